The molecule has 5 nitrogen and oxygen atoms in total. The number of piperazine rings is 1. The number of thiazole rings is 1. The van der Waals surface area contributed by atoms with Gasteiger partial charge in [-0.3, -0.25) is 9.69 Å². The second kappa shape index (κ2) is 8.09. The van der Waals surface area contributed by atoms with Gasteiger partial charge in [-0.1, -0.05) is 6.07 Å². The summed E-state index contributed by atoms with van der Waals surface area (Å²) >= 11 is 1.62. The van der Waals surface area contributed by atoms with E-state index in [1.54, 1.807) is 29.5 Å². The Morgan fingerprint density at radius 3 is 2.62 bits per heavy atom. The molecule has 1 aromatic carbocycles. The number of amides is 1. The molecule has 0 saturated carbocycles. The van der Waals surface area contributed by atoms with Crippen LogP contribution in [0.5, 0.6) is 0 Å². The maximum Gasteiger partial charge on any atom is 0.236 e. The minimum Gasteiger partial charge on any atom is -0.346 e. The van der Waals surface area contributed by atoms with Crippen molar-refractivity contribution in [3.8, 4) is 0 Å². The van der Waals surface area contributed by atoms with Gasteiger partial charge in [0.2, 0.25) is 5.91 Å². The fourth-order valence-corrected chi connectivity index (χ4v) is 3.68. The summed E-state index contributed by atoms with van der Waals surface area (Å²) in [6.07, 6.45) is 1.80. The molecule has 3 rings (SSSR count). The number of likely N-dealkylation sites (N-methyl/N-ethyl adjacent to an activating group) is 1. The van der Waals surface area contributed by atoms with Crippen LogP contribution >= 0.6 is 11.3 Å². The zero-order chi connectivity index (χ0) is 18.7. The predicted octanol–water partition coefficient (Wildman–Crippen LogP) is 2.76. The Hall–Kier alpha value is -2.06. The summed E-state index contributed by atoms with van der Waals surface area (Å²) in [6.45, 7) is 5.38. The van der Waals surface area contributed by atoms with Crippen LogP contribution in [0.15, 0.2) is 29.8 Å². The van der Waals surface area contributed by atoms with Crippen LogP contribution in [-0.2, 0) is 4.79 Å². The number of aromatic nitrogens is 1. The Morgan fingerprint density at radius 2 is 2.00 bits per heavy atom. The number of anilines is 1. The lowest BCUT2D eigenvalue weighted by atomic mass is 10.1. The van der Waals surface area contributed by atoms with Crippen molar-refractivity contribution in [1.82, 2.24) is 14.8 Å². The Balaban J connectivity index is 1.53. The molecule has 1 amide bonds. The molecule has 0 N–H and O–H groups in total. The summed E-state index contributed by atoms with van der Waals surface area (Å²) < 4.78 is 26.5. The van der Waals surface area contributed by atoms with E-state index in [1.165, 1.54) is 6.07 Å². The first-order chi connectivity index (χ1) is 12.5. The number of hydrogen-bond donors (Lipinski definition) is 0. The molecule has 1 aliphatic rings. The van der Waals surface area contributed by atoms with Gasteiger partial charge in [0.15, 0.2) is 16.8 Å². The van der Waals surface area contributed by atoms with Crippen LogP contribution in [0.25, 0.3) is 0 Å². The van der Waals surface area contributed by atoms with Crippen LogP contribution < -0.4 is 4.90 Å². The van der Waals surface area contributed by atoms with Gasteiger partial charge in [0.05, 0.1) is 12.6 Å². The molecule has 1 saturated heterocycles. The fourth-order valence-electron chi connectivity index (χ4n) is 2.98. The highest BCUT2D eigenvalue weighted by molar-refractivity contribution is 7.13. The summed E-state index contributed by atoms with van der Waals surface area (Å²) in [4.78, 5) is 22.8. The van der Waals surface area contributed by atoms with E-state index in [0.717, 1.165) is 43.4 Å². The summed E-state index contributed by atoms with van der Waals surface area (Å²) in [5, 5.41) is 2.97. The van der Waals surface area contributed by atoms with Crippen molar-refractivity contribution in [3.63, 3.8) is 0 Å². The molecular formula is C18H22F2N4OS. The Kier molecular flexibility index (Phi) is 5.83. The first kappa shape index (κ1) is 18.7. The van der Waals surface area contributed by atoms with Gasteiger partial charge in [-0.15, -0.1) is 11.3 Å². The van der Waals surface area contributed by atoms with Gasteiger partial charge < -0.3 is 9.80 Å². The van der Waals surface area contributed by atoms with Crippen molar-refractivity contribution in [2.75, 3.05) is 44.7 Å². The summed E-state index contributed by atoms with van der Waals surface area (Å²) in [5.74, 6) is -1.81. The third-order valence-electron chi connectivity index (χ3n) is 4.82. The molecule has 2 heterocycles. The highest BCUT2D eigenvalue weighted by Crippen LogP contribution is 2.22. The van der Waals surface area contributed by atoms with Gasteiger partial charge in [0, 0.05) is 44.8 Å². The van der Waals surface area contributed by atoms with E-state index >= 15 is 0 Å². The monoisotopic (exact) mass is 380 g/mol. The van der Waals surface area contributed by atoms with Gasteiger partial charge >= 0.3 is 0 Å². The molecule has 8 heteroatoms. The smallest absolute Gasteiger partial charge is 0.236 e. The molecule has 140 valence electrons. The van der Waals surface area contributed by atoms with Gasteiger partial charge in [0.1, 0.15) is 0 Å². The molecule has 0 radical (unpaired) electrons. The largest absolute Gasteiger partial charge is 0.346 e. The van der Waals surface area contributed by atoms with Gasteiger partial charge in [-0.2, -0.15) is 0 Å². The van der Waals surface area contributed by atoms with Crippen molar-refractivity contribution in [2.45, 2.75) is 13.0 Å². The van der Waals surface area contributed by atoms with Crippen LogP contribution in [0.3, 0.4) is 0 Å². The summed E-state index contributed by atoms with van der Waals surface area (Å²) in [7, 11) is 1.69. The number of benzene rings is 1. The van der Waals surface area contributed by atoms with E-state index in [9.17, 15) is 13.6 Å². The number of hydrogen-bond acceptors (Lipinski definition) is 5. The van der Waals surface area contributed by atoms with Gasteiger partial charge in [-0.25, -0.2) is 13.8 Å². The molecule has 1 fully saturated rings. The van der Waals surface area contributed by atoms with Crippen molar-refractivity contribution < 1.29 is 13.6 Å². The maximum atomic E-state index is 13.4. The minimum atomic E-state index is -0.895. The van der Waals surface area contributed by atoms with Crippen molar-refractivity contribution in [1.29, 1.82) is 0 Å². The topological polar surface area (TPSA) is 39.7 Å². The van der Waals surface area contributed by atoms with Gasteiger partial charge in [-0.05, 0) is 24.6 Å². The number of nitrogens with zero attached hydrogens (tertiary/aromatic N) is 4. The molecule has 1 unspecified atom stereocenters. The number of carbonyl (C=O) groups excluding carboxylic acids is 1. The van der Waals surface area contributed by atoms with Crippen molar-refractivity contribution in [2.24, 2.45) is 0 Å². The highest BCUT2D eigenvalue weighted by Gasteiger charge is 2.24. The van der Waals surface area contributed by atoms with Crippen LogP contribution in [0.4, 0.5) is 13.9 Å². The number of rotatable bonds is 5. The van der Waals surface area contributed by atoms with Crippen molar-refractivity contribution >= 4 is 22.4 Å². The van der Waals surface area contributed by atoms with E-state index in [0.29, 0.717) is 12.1 Å². The summed E-state index contributed by atoms with van der Waals surface area (Å²) in [6, 6.07) is 3.43. The van der Waals surface area contributed by atoms with E-state index < -0.39 is 11.6 Å². The molecule has 1 aromatic heterocycles. The average molecular weight is 380 g/mol. The number of carbonyl (C=O) groups is 1. The molecule has 2 aromatic rings. The lowest BCUT2D eigenvalue weighted by Crippen LogP contribution is -2.50. The second-order valence-electron chi connectivity index (χ2n) is 6.43. The molecule has 0 aliphatic carbocycles. The Labute approximate surface area is 155 Å². The number of halogens is 2. The van der Waals surface area contributed by atoms with Crippen LogP contribution in [-0.4, -0.2) is 60.5 Å². The quantitative estimate of drug-likeness (QED) is 0.800. The van der Waals surface area contributed by atoms with E-state index in [1.807, 2.05) is 12.3 Å². The van der Waals surface area contributed by atoms with E-state index in [4.69, 9.17) is 0 Å². The molecule has 1 atom stereocenters. The molecule has 0 spiro atoms. The molecule has 0 bridgehead atoms. The third-order valence-corrected chi connectivity index (χ3v) is 5.65. The summed E-state index contributed by atoms with van der Waals surface area (Å²) in [5.41, 5.74) is 0.577. The van der Waals surface area contributed by atoms with Crippen LogP contribution in [0, 0.1) is 11.6 Å². The third kappa shape index (κ3) is 4.19. The Morgan fingerprint density at radius 1 is 1.27 bits per heavy atom. The maximum absolute atomic E-state index is 13.4. The lowest BCUT2D eigenvalue weighted by Gasteiger charge is -2.35. The molecule has 26 heavy (non-hydrogen) atoms. The first-order valence-electron chi connectivity index (χ1n) is 8.53. The van der Waals surface area contributed by atoms with Crippen molar-refractivity contribution in [3.05, 3.63) is 47.0 Å². The standard InChI is InChI=1S/C18H22F2N4OS/c1-13(14-3-4-15(19)16(20)11-14)22(2)17(25)12-23-6-8-24(9-7-23)18-21-5-10-26-18/h3-5,10-11,13H,6-9,12H2,1-2H3. The van der Waals surface area contributed by atoms with Gasteiger partial charge in [0.25, 0.3) is 0 Å². The normalized spacial score (nSPS) is 16.5. The Bertz CT molecular complexity index is 748. The zero-order valence-electron chi connectivity index (χ0n) is 14.9. The minimum absolute atomic E-state index is 0.0371. The first-order valence-corrected chi connectivity index (χ1v) is 9.41. The van der Waals surface area contributed by atoms with Crippen LogP contribution in [0.2, 0.25) is 0 Å². The van der Waals surface area contributed by atoms with E-state index in [-0.39, 0.29) is 11.9 Å². The predicted molar refractivity (Wildman–Crippen MR) is 98.3 cm³/mol. The second-order valence-corrected chi connectivity index (χ2v) is 7.31. The SMILES string of the molecule is CC(c1ccc(F)c(F)c1)N(C)C(=O)CN1CCN(c2nccs2)CC1. The molecule has 1 aliphatic heterocycles. The molecular weight excluding hydrogens is 358 g/mol. The fraction of sp³-hybridized carbons (Fsp3) is 0.444. The average Bonchev–Trinajstić information content (AvgIpc) is 3.18. The lowest BCUT2D eigenvalue weighted by molar-refractivity contribution is -0.133. The highest BCUT2D eigenvalue weighted by atomic mass is 32.1. The van der Waals surface area contributed by atoms with E-state index in [2.05, 4.69) is 14.8 Å². The zero-order valence-corrected chi connectivity index (χ0v) is 15.7. The van der Waals surface area contributed by atoms with Crippen LogP contribution in [0.1, 0.15) is 18.5 Å².